The number of anilines is 1. The Kier molecular flexibility index (Phi) is 5.93. The molecule has 0 radical (unpaired) electrons. The molecular weight excluding hydrogens is 356 g/mol. The smallest absolute Gasteiger partial charge is 0.255 e. The number of amides is 2. The minimum atomic E-state index is -0.180. The summed E-state index contributed by atoms with van der Waals surface area (Å²) in [5, 5.41) is 5.75. The summed E-state index contributed by atoms with van der Waals surface area (Å²) < 4.78 is 7.23. The lowest BCUT2D eigenvalue weighted by molar-refractivity contribution is -0.115. The van der Waals surface area contributed by atoms with Crippen molar-refractivity contribution in [3.05, 3.63) is 53.9 Å². The van der Waals surface area contributed by atoms with Gasteiger partial charge in [-0.2, -0.15) is 0 Å². The van der Waals surface area contributed by atoms with Gasteiger partial charge in [-0.05, 0) is 30.3 Å². The summed E-state index contributed by atoms with van der Waals surface area (Å²) in [5.41, 5.74) is 3.02. The van der Waals surface area contributed by atoms with Gasteiger partial charge in [0, 0.05) is 32.1 Å². The van der Waals surface area contributed by atoms with Gasteiger partial charge in [0.1, 0.15) is 11.6 Å². The molecule has 2 N–H and O–H groups in total. The fourth-order valence-electron chi connectivity index (χ4n) is 3.02. The number of carbonyl (C=O) groups is 2. The molecule has 146 valence electrons. The van der Waals surface area contributed by atoms with Gasteiger partial charge in [0.2, 0.25) is 5.91 Å². The van der Waals surface area contributed by atoms with E-state index in [2.05, 4.69) is 15.6 Å². The minimum absolute atomic E-state index is 0.0328. The van der Waals surface area contributed by atoms with E-state index >= 15 is 0 Å². The Morgan fingerprint density at radius 3 is 2.71 bits per heavy atom. The molecule has 7 heteroatoms. The van der Waals surface area contributed by atoms with Crippen molar-refractivity contribution in [2.45, 2.75) is 19.8 Å². The van der Waals surface area contributed by atoms with Crippen LogP contribution in [0.3, 0.4) is 0 Å². The number of fused-ring (bicyclic) bond motifs is 1. The molecule has 3 aromatic rings. The Bertz CT molecular complexity index is 1010. The predicted octanol–water partition coefficient (Wildman–Crippen LogP) is 2.90. The van der Waals surface area contributed by atoms with E-state index in [4.69, 9.17) is 4.74 Å². The SMILES string of the molecule is CCC(=O)Nc1ccc2c(c1)nc(CCNC(=O)c1ccccc1OC)n2C. The van der Waals surface area contributed by atoms with Gasteiger partial charge in [-0.15, -0.1) is 0 Å². The molecule has 7 nitrogen and oxygen atoms in total. The molecule has 1 heterocycles. The van der Waals surface area contributed by atoms with Gasteiger partial charge in [0.05, 0.1) is 23.7 Å². The van der Waals surface area contributed by atoms with Crippen LogP contribution in [-0.2, 0) is 18.3 Å². The number of carbonyl (C=O) groups excluding carboxylic acids is 2. The van der Waals surface area contributed by atoms with Crippen molar-refractivity contribution in [2.24, 2.45) is 7.05 Å². The first-order valence-corrected chi connectivity index (χ1v) is 9.20. The molecule has 0 atom stereocenters. The lowest BCUT2D eigenvalue weighted by atomic mass is 10.2. The van der Waals surface area contributed by atoms with Crippen molar-refractivity contribution < 1.29 is 14.3 Å². The van der Waals surface area contributed by atoms with Gasteiger partial charge >= 0.3 is 0 Å². The highest BCUT2D eigenvalue weighted by Crippen LogP contribution is 2.20. The Morgan fingerprint density at radius 1 is 1.18 bits per heavy atom. The molecule has 0 spiro atoms. The normalized spacial score (nSPS) is 10.7. The Morgan fingerprint density at radius 2 is 1.96 bits per heavy atom. The number of nitrogens with one attached hydrogen (secondary N) is 2. The number of imidazole rings is 1. The number of aryl methyl sites for hydroxylation is 1. The summed E-state index contributed by atoms with van der Waals surface area (Å²) in [6.45, 7) is 2.26. The lowest BCUT2D eigenvalue weighted by Gasteiger charge is -2.09. The monoisotopic (exact) mass is 380 g/mol. The third-order valence-corrected chi connectivity index (χ3v) is 4.56. The van der Waals surface area contributed by atoms with Crippen molar-refractivity contribution in [1.82, 2.24) is 14.9 Å². The van der Waals surface area contributed by atoms with Gasteiger partial charge in [0.15, 0.2) is 0 Å². The molecule has 0 aliphatic heterocycles. The first kappa shape index (κ1) is 19.4. The molecule has 28 heavy (non-hydrogen) atoms. The maximum Gasteiger partial charge on any atom is 0.255 e. The van der Waals surface area contributed by atoms with E-state index in [1.807, 2.05) is 42.8 Å². The van der Waals surface area contributed by atoms with Gasteiger partial charge in [0.25, 0.3) is 5.91 Å². The van der Waals surface area contributed by atoms with E-state index in [0.29, 0.717) is 30.7 Å². The molecule has 3 rings (SSSR count). The van der Waals surface area contributed by atoms with E-state index in [1.165, 1.54) is 0 Å². The third-order valence-electron chi connectivity index (χ3n) is 4.56. The molecule has 1 aromatic heterocycles. The molecule has 0 bridgehead atoms. The highest BCUT2D eigenvalue weighted by Gasteiger charge is 2.13. The van der Waals surface area contributed by atoms with Crippen molar-refractivity contribution in [3.63, 3.8) is 0 Å². The van der Waals surface area contributed by atoms with E-state index in [9.17, 15) is 9.59 Å². The molecule has 0 unspecified atom stereocenters. The predicted molar refractivity (Wildman–Crippen MR) is 109 cm³/mol. The van der Waals surface area contributed by atoms with E-state index in [0.717, 1.165) is 22.5 Å². The second-order valence-corrected chi connectivity index (χ2v) is 6.40. The van der Waals surface area contributed by atoms with E-state index < -0.39 is 0 Å². The van der Waals surface area contributed by atoms with Crippen LogP contribution < -0.4 is 15.4 Å². The maximum atomic E-state index is 12.4. The summed E-state index contributed by atoms with van der Waals surface area (Å²) in [7, 11) is 3.49. The van der Waals surface area contributed by atoms with Crippen LogP contribution in [0.1, 0.15) is 29.5 Å². The van der Waals surface area contributed by atoms with Crippen LogP contribution in [0.4, 0.5) is 5.69 Å². The third kappa shape index (κ3) is 4.14. The summed E-state index contributed by atoms with van der Waals surface area (Å²) in [5.74, 6) is 1.19. The molecule has 0 fully saturated rings. The first-order valence-electron chi connectivity index (χ1n) is 9.20. The van der Waals surface area contributed by atoms with Gasteiger partial charge in [-0.1, -0.05) is 19.1 Å². The van der Waals surface area contributed by atoms with Crippen molar-refractivity contribution in [1.29, 1.82) is 0 Å². The van der Waals surface area contributed by atoms with Crippen LogP contribution in [0, 0.1) is 0 Å². The number of benzene rings is 2. The van der Waals surface area contributed by atoms with Crippen LogP contribution in [0.15, 0.2) is 42.5 Å². The number of methoxy groups -OCH3 is 1. The number of ether oxygens (including phenoxy) is 1. The number of rotatable bonds is 7. The Labute approximate surface area is 163 Å². The van der Waals surface area contributed by atoms with Crippen LogP contribution >= 0.6 is 0 Å². The van der Waals surface area contributed by atoms with Crippen LogP contribution in [-0.4, -0.2) is 35.0 Å². The molecule has 0 saturated heterocycles. The summed E-state index contributed by atoms with van der Waals surface area (Å²) in [4.78, 5) is 28.6. The zero-order chi connectivity index (χ0) is 20.1. The molecular formula is C21H24N4O3. The number of hydrogen-bond donors (Lipinski definition) is 2. The zero-order valence-corrected chi connectivity index (χ0v) is 16.3. The average Bonchev–Trinajstić information content (AvgIpc) is 3.02. The number of nitrogens with zero attached hydrogens (tertiary/aromatic N) is 2. The van der Waals surface area contributed by atoms with Crippen molar-refractivity contribution >= 4 is 28.5 Å². The highest BCUT2D eigenvalue weighted by molar-refractivity contribution is 5.97. The van der Waals surface area contributed by atoms with Crippen molar-refractivity contribution in [3.8, 4) is 5.75 Å². The fourth-order valence-corrected chi connectivity index (χ4v) is 3.02. The summed E-state index contributed by atoms with van der Waals surface area (Å²) >= 11 is 0. The second kappa shape index (κ2) is 8.56. The van der Waals surface area contributed by atoms with Crippen LogP contribution in [0.5, 0.6) is 5.75 Å². The number of hydrogen-bond acceptors (Lipinski definition) is 4. The average molecular weight is 380 g/mol. The minimum Gasteiger partial charge on any atom is -0.496 e. The Balaban J connectivity index is 1.68. The zero-order valence-electron chi connectivity index (χ0n) is 16.3. The standard InChI is InChI=1S/C21H24N4O3/c1-4-20(26)23-14-9-10-17-16(13-14)24-19(25(17)2)11-12-22-21(27)15-7-5-6-8-18(15)28-3/h5-10,13H,4,11-12H2,1-3H3,(H,22,27)(H,23,26). The molecule has 2 amide bonds. The number of para-hydroxylation sites is 1. The first-order chi connectivity index (χ1) is 13.5. The fraction of sp³-hybridized carbons (Fsp3) is 0.286. The highest BCUT2D eigenvalue weighted by atomic mass is 16.5. The summed E-state index contributed by atoms with van der Waals surface area (Å²) in [6, 6.07) is 12.8. The summed E-state index contributed by atoms with van der Waals surface area (Å²) in [6.07, 6.45) is 1.01. The van der Waals surface area contributed by atoms with Gasteiger partial charge < -0.3 is 19.9 Å². The van der Waals surface area contributed by atoms with E-state index in [1.54, 1.807) is 25.3 Å². The maximum absolute atomic E-state index is 12.4. The van der Waals surface area contributed by atoms with Gasteiger partial charge in [-0.25, -0.2) is 4.98 Å². The van der Waals surface area contributed by atoms with E-state index in [-0.39, 0.29) is 11.8 Å². The quantitative estimate of drug-likeness (QED) is 0.660. The van der Waals surface area contributed by atoms with Gasteiger partial charge in [-0.3, -0.25) is 9.59 Å². The molecule has 0 saturated carbocycles. The molecule has 0 aliphatic carbocycles. The Hall–Kier alpha value is -3.35. The molecule has 0 aliphatic rings. The second-order valence-electron chi connectivity index (χ2n) is 6.40. The lowest BCUT2D eigenvalue weighted by Crippen LogP contribution is -2.26. The van der Waals surface area contributed by atoms with Crippen molar-refractivity contribution in [2.75, 3.05) is 19.0 Å². The molecule has 2 aromatic carbocycles. The van der Waals surface area contributed by atoms with Crippen LogP contribution in [0.2, 0.25) is 0 Å². The van der Waals surface area contributed by atoms with Crippen LogP contribution in [0.25, 0.3) is 11.0 Å². The largest absolute Gasteiger partial charge is 0.496 e. The number of aromatic nitrogens is 2. The topological polar surface area (TPSA) is 85.2 Å².